The summed E-state index contributed by atoms with van der Waals surface area (Å²) in [4.78, 5) is 7.33. The van der Waals surface area contributed by atoms with Crippen molar-refractivity contribution >= 4 is 33.0 Å². The van der Waals surface area contributed by atoms with Crippen molar-refractivity contribution in [3.63, 3.8) is 0 Å². The lowest BCUT2D eigenvalue weighted by Crippen LogP contribution is -1.69. The molecule has 3 nitrogen and oxygen atoms in total. The summed E-state index contributed by atoms with van der Waals surface area (Å²) in [6.45, 7) is 0. The maximum absolute atomic E-state index is 5.72. The Balaban J connectivity index is 2.38. The fraction of sp³-hybridized carbons (Fsp3) is 0. The van der Waals surface area contributed by atoms with Crippen LogP contribution in [0.25, 0.3) is 33.0 Å². The molecule has 0 fully saturated rings. The Labute approximate surface area is 90.7 Å². The van der Waals surface area contributed by atoms with E-state index in [4.69, 9.17) is 4.42 Å². The molecule has 0 amide bonds. The van der Waals surface area contributed by atoms with Gasteiger partial charge < -0.3 is 9.40 Å². The molecule has 1 aromatic carbocycles. The van der Waals surface area contributed by atoms with Crippen LogP contribution in [0.4, 0.5) is 0 Å². The van der Waals surface area contributed by atoms with E-state index in [1.165, 1.54) is 5.39 Å². The number of H-pyrrole nitrogens is 1. The molecule has 0 atom stereocenters. The molecule has 0 aliphatic rings. The number of fused-ring (bicyclic) bond motifs is 5. The highest BCUT2D eigenvalue weighted by molar-refractivity contribution is 6.18. The summed E-state index contributed by atoms with van der Waals surface area (Å²) in [6, 6.07) is 10.2. The molecule has 0 saturated carbocycles. The molecule has 4 rings (SSSR count). The Morgan fingerprint density at radius 3 is 3.00 bits per heavy atom. The Morgan fingerprint density at radius 1 is 1.06 bits per heavy atom. The van der Waals surface area contributed by atoms with E-state index in [1.54, 1.807) is 12.4 Å². The minimum absolute atomic E-state index is 0.823. The van der Waals surface area contributed by atoms with E-state index < -0.39 is 0 Å². The summed E-state index contributed by atoms with van der Waals surface area (Å²) in [5.41, 5.74) is 2.76. The number of nitrogens with zero attached hydrogens (tertiary/aromatic N) is 1. The molecule has 4 aromatic rings. The van der Waals surface area contributed by atoms with Gasteiger partial charge in [-0.1, -0.05) is 18.2 Å². The van der Waals surface area contributed by atoms with Gasteiger partial charge in [0, 0.05) is 22.5 Å². The molecule has 0 aliphatic heterocycles. The van der Waals surface area contributed by atoms with Gasteiger partial charge in [0.15, 0.2) is 5.58 Å². The molecule has 76 valence electrons. The van der Waals surface area contributed by atoms with E-state index in [0.717, 1.165) is 27.6 Å². The zero-order chi connectivity index (χ0) is 10.5. The van der Waals surface area contributed by atoms with Gasteiger partial charge in [-0.05, 0) is 12.1 Å². The zero-order valence-corrected chi connectivity index (χ0v) is 8.40. The molecule has 3 aromatic heterocycles. The van der Waals surface area contributed by atoms with Gasteiger partial charge in [0.1, 0.15) is 0 Å². The van der Waals surface area contributed by atoms with Crippen LogP contribution in [-0.4, -0.2) is 9.97 Å². The highest BCUT2D eigenvalue weighted by Crippen LogP contribution is 2.33. The first-order chi connectivity index (χ1) is 7.93. The molecule has 16 heavy (non-hydrogen) atoms. The molecular weight excluding hydrogens is 200 g/mol. The first-order valence-corrected chi connectivity index (χ1v) is 5.16. The van der Waals surface area contributed by atoms with Gasteiger partial charge in [0.05, 0.1) is 11.6 Å². The molecule has 0 radical (unpaired) electrons. The van der Waals surface area contributed by atoms with Gasteiger partial charge in [-0.15, -0.1) is 0 Å². The lowest BCUT2D eigenvalue weighted by molar-refractivity contribution is 0.655. The van der Waals surface area contributed by atoms with Crippen molar-refractivity contribution < 1.29 is 4.42 Å². The van der Waals surface area contributed by atoms with Crippen molar-refractivity contribution in [3.05, 3.63) is 42.7 Å². The highest BCUT2D eigenvalue weighted by Gasteiger charge is 2.11. The van der Waals surface area contributed by atoms with E-state index in [2.05, 4.69) is 22.1 Å². The third kappa shape index (κ3) is 0.852. The second-order valence-corrected chi connectivity index (χ2v) is 3.85. The van der Waals surface area contributed by atoms with E-state index >= 15 is 0 Å². The topological polar surface area (TPSA) is 41.8 Å². The molecule has 3 heterocycles. The first-order valence-electron chi connectivity index (χ1n) is 5.16. The molecule has 0 saturated heterocycles. The standard InChI is InChI=1S/C13H8N2O/c1-2-4-10-8(3-1)12-9-5-6-14-7-11(9)16-13(12)15-10/h1-7,15H. The number of hydrogen-bond donors (Lipinski definition) is 1. The molecule has 1 N–H and O–H groups in total. The molecular formula is C13H8N2O. The monoisotopic (exact) mass is 208 g/mol. The maximum Gasteiger partial charge on any atom is 0.206 e. The average Bonchev–Trinajstić information content (AvgIpc) is 2.83. The number of para-hydroxylation sites is 1. The van der Waals surface area contributed by atoms with Gasteiger partial charge in [-0.25, -0.2) is 0 Å². The number of hydrogen-bond acceptors (Lipinski definition) is 2. The van der Waals surface area contributed by atoms with Gasteiger partial charge in [0.2, 0.25) is 5.71 Å². The van der Waals surface area contributed by atoms with Crippen LogP contribution in [0.15, 0.2) is 47.1 Å². The summed E-state index contributed by atoms with van der Waals surface area (Å²) in [5, 5.41) is 3.46. The predicted octanol–water partition coefficient (Wildman–Crippen LogP) is 3.46. The van der Waals surface area contributed by atoms with Gasteiger partial charge in [0.25, 0.3) is 0 Å². The maximum atomic E-state index is 5.72. The van der Waals surface area contributed by atoms with Crippen molar-refractivity contribution in [2.45, 2.75) is 0 Å². The number of nitrogens with one attached hydrogen (secondary N) is 1. The van der Waals surface area contributed by atoms with E-state index in [1.807, 2.05) is 18.2 Å². The van der Waals surface area contributed by atoms with Crippen LogP contribution >= 0.6 is 0 Å². The molecule has 3 heteroatoms. The second kappa shape index (κ2) is 2.64. The summed E-state index contributed by atoms with van der Waals surface area (Å²) < 4.78 is 5.72. The van der Waals surface area contributed by atoms with E-state index in [-0.39, 0.29) is 0 Å². The lowest BCUT2D eigenvalue weighted by atomic mass is 10.1. The predicted molar refractivity (Wildman–Crippen MR) is 63.4 cm³/mol. The van der Waals surface area contributed by atoms with Crippen LogP contribution in [0.3, 0.4) is 0 Å². The first kappa shape index (κ1) is 7.93. The van der Waals surface area contributed by atoms with Crippen molar-refractivity contribution in [2.75, 3.05) is 0 Å². The normalized spacial score (nSPS) is 11.8. The highest BCUT2D eigenvalue weighted by atomic mass is 16.3. The summed E-state index contributed by atoms with van der Waals surface area (Å²) in [7, 11) is 0. The van der Waals surface area contributed by atoms with Crippen molar-refractivity contribution in [2.24, 2.45) is 0 Å². The summed E-state index contributed by atoms with van der Waals surface area (Å²) in [5.74, 6) is 0. The largest absolute Gasteiger partial charge is 0.438 e. The fourth-order valence-corrected chi connectivity index (χ4v) is 2.24. The van der Waals surface area contributed by atoms with Crippen molar-refractivity contribution in [1.82, 2.24) is 9.97 Å². The van der Waals surface area contributed by atoms with Crippen molar-refractivity contribution in [1.29, 1.82) is 0 Å². The SMILES string of the molecule is c1ccc2c(c1)[nH]c1oc3cnccc3c12. The quantitative estimate of drug-likeness (QED) is 0.480. The number of aromatic amines is 1. The molecule has 0 spiro atoms. The Kier molecular flexibility index (Phi) is 1.31. The Bertz CT molecular complexity index is 745. The van der Waals surface area contributed by atoms with Crippen LogP contribution in [-0.2, 0) is 0 Å². The number of rotatable bonds is 0. The number of furan rings is 1. The molecule has 0 unspecified atom stereocenters. The average molecular weight is 208 g/mol. The van der Waals surface area contributed by atoms with Crippen LogP contribution < -0.4 is 0 Å². The Morgan fingerprint density at radius 2 is 2.00 bits per heavy atom. The molecule has 0 aliphatic carbocycles. The number of benzene rings is 1. The minimum atomic E-state index is 0.823. The summed E-state index contributed by atoms with van der Waals surface area (Å²) >= 11 is 0. The van der Waals surface area contributed by atoms with Crippen LogP contribution in [0.2, 0.25) is 0 Å². The van der Waals surface area contributed by atoms with Crippen molar-refractivity contribution in [3.8, 4) is 0 Å². The fourth-order valence-electron chi connectivity index (χ4n) is 2.24. The van der Waals surface area contributed by atoms with Crippen LogP contribution in [0.1, 0.15) is 0 Å². The second-order valence-electron chi connectivity index (χ2n) is 3.85. The lowest BCUT2D eigenvalue weighted by Gasteiger charge is -1.89. The van der Waals surface area contributed by atoms with Crippen LogP contribution in [0, 0.1) is 0 Å². The molecule has 0 bridgehead atoms. The number of aromatic nitrogens is 2. The van der Waals surface area contributed by atoms with Gasteiger partial charge >= 0.3 is 0 Å². The van der Waals surface area contributed by atoms with E-state index in [0.29, 0.717) is 0 Å². The van der Waals surface area contributed by atoms with E-state index in [9.17, 15) is 0 Å². The minimum Gasteiger partial charge on any atom is -0.438 e. The number of pyridine rings is 1. The smallest absolute Gasteiger partial charge is 0.206 e. The zero-order valence-electron chi connectivity index (χ0n) is 8.40. The third-order valence-corrected chi connectivity index (χ3v) is 2.94. The van der Waals surface area contributed by atoms with Gasteiger partial charge in [-0.2, -0.15) is 0 Å². The van der Waals surface area contributed by atoms with Gasteiger partial charge in [-0.3, -0.25) is 4.98 Å². The Hall–Kier alpha value is -2.29. The third-order valence-electron chi connectivity index (χ3n) is 2.94. The summed E-state index contributed by atoms with van der Waals surface area (Å²) in [6.07, 6.45) is 3.54. The van der Waals surface area contributed by atoms with Crippen LogP contribution in [0.5, 0.6) is 0 Å².